The molecule has 2 atom stereocenters. The predicted octanol–water partition coefficient (Wildman–Crippen LogP) is 2.74. The Morgan fingerprint density at radius 3 is 3.00 bits per heavy atom. The van der Waals surface area contributed by atoms with Crippen LogP contribution in [0, 0.1) is 5.92 Å². The molecule has 0 amide bonds. The van der Waals surface area contributed by atoms with E-state index in [1.54, 1.807) is 0 Å². The van der Waals surface area contributed by atoms with Gasteiger partial charge >= 0.3 is 5.97 Å². The van der Waals surface area contributed by atoms with Crippen molar-refractivity contribution in [3.63, 3.8) is 0 Å². The standard InChI is InChI=1S/C13H13NO2/c15-13(16)9-5-3-7-11-12(9)8-4-1-2-6-10(8)14-11/h1-2,4,6,9,12H,3,5,7H2,(H,15,16). The topological polar surface area (TPSA) is 49.7 Å². The minimum absolute atomic E-state index is 0.0300. The van der Waals surface area contributed by atoms with Crippen molar-refractivity contribution in [2.45, 2.75) is 25.2 Å². The molecule has 1 aliphatic heterocycles. The van der Waals surface area contributed by atoms with Gasteiger partial charge in [0.1, 0.15) is 0 Å². The van der Waals surface area contributed by atoms with Crippen molar-refractivity contribution >= 4 is 17.4 Å². The number of aliphatic imine (C=N–C) groups is 1. The van der Waals surface area contributed by atoms with Gasteiger partial charge in [0.25, 0.3) is 0 Å². The zero-order valence-electron chi connectivity index (χ0n) is 8.89. The number of carboxylic acid groups (broad SMARTS) is 1. The third-order valence-electron chi connectivity index (χ3n) is 3.56. The molecule has 1 aliphatic carbocycles. The Hall–Kier alpha value is -1.64. The molecule has 0 aromatic heterocycles. The van der Waals surface area contributed by atoms with Crippen LogP contribution in [0.1, 0.15) is 30.7 Å². The molecular weight excluding hydrogens is 202 g/mol. The van der Waals surface area contributed by atoms with Crippen LogP contribution in [0.3, 0.4) is 0 Å². The van der Waals surface area contributed by atoms with E-state index >= 15 is 0 Å². The summed E-state index contributed by atoms with van der Waals surface area (Å²) >= 11 is 0. The molecule has 1 fully saturated rings. The highest BCUT2D eigenvalue weighted by Crippen LogP contribution is 2.45. The Morgan fingerprint density at radius 1 is 1.38 bits per heavy atom. The van der Waals surface area contributed by atoms with Crippen molar-refractivity contribution in [1.29, 1.82) is 0 Å². The molecule has 0 bridgehead atoms. The first-order valence-electron chi connectivity index (χ1n) is 5.66. The quantitative estimate of drug-likeness (QED) is 0.783. The fraction of sp³-hybridized carbons (Fsp3) is 0.385. The SMILES string of the molecule is O=C(O)C1CCCC2=Nc3ccccc3C21. The predicted molar refractivity (Wildman–Crippen MR) is 61.3 cm³/mol. The molecule has 3 rings (SSSR count). The normalized spacial score (nSPS) is 26.9. The summed E-state index contributed by atoms with van der Waals surface area (Å²) in [5.41, 5.74) is 3.14. The van der Waals surface area contributed by atoms with E-state index in [0.29, 0.717) is 0 Å². The molecule has 0 spiro atoms. The summed E-state index contributed by atoms with van der Waals surface area (Å²) in [5, 5.41) is 9.26. The van der Waals surface area contributed by atoms with Crippen LogP contribution in [0.2, 0.25) is 0 Å². The Bertz CT molecular complexity index is 479. The number of para-hydroxylation sites is 1. The second-order valence-electron chi connectivity index (χ2n) is 4.48. The summed E-state index contributed by atoms with van der Waals surface area (Å²) in [6.45, 7) is 0. The highest BCUT2D eigenvalue weighted by molar-refractivity contribution is 6.01. The third-order valence-corrected chi connectivity index (χ3v) is 3.56. The highest BCUT2D eigenvalue weighted by Gasteiger charge is 2.39. The Morgan fingerprint density at radius 2 is 2.19 bits per heavy atom. The molecule has 1 aromatic rings. The first-order valence-corrected chi connectivity index (χ1v) is 5.66. The molecule has 1 N–H and O–H groups in total. The van der Waals surface area contributed by atoms with E-state index in [-0.39, 0.29) is 11.8 Å². The Kier molecular flexibility index (Phi) is 2.06. The average molecular weight is 215 g/mol. The fourth-order valence-corrected chi connectivity index (χ4v) is 2.85. The molecule has 0 saturated heterocycles. The highest BCUT2D eigenvalue weighted by atomic mass is 16.4. The maximum absolute atomic E-state index is 11.3. The number of fused-ring (bicyclic) bond motifs is 3. The van der Waals surface area contributed by atoms with Crippen molar-refractivity contribution in [2.24, 2.45) is 10.9 Å². The average Bonchev–Trinajstić information content (AvgIpc) is 2.66. The lowest BCUT2D eigenvalue weighted by Crippen LogP contribution is -2.30. The summed E-state index contributed by atoms with van der Waals surface area (Å²) in [6, 6.07) is 7.90. The minimum atomic E-state index is -0.686. The molecule has 16 heavy (non-hydrogen) atoms. The van der Waals surface area contributed by atoms with Crippen LogP contribution in [0.5, 0.6) is 0 Å². The number of rotatable bonds is 1. The zero-order valence-corrected chi connectivity index (χ0v) is 8.89. The van der Waals surface area contributed by atoms with Crippen LogP contribution in [0.4, 0.5) is 5.69 Å². The molecule has 2 aliphatic rings. The number of benzene rings is 1. The molecule has 3 nitrogen and oxygen atoms in total. The second-order valence-corrected chi connectivity index (χ2v) is 4.48. The van der Waals surface area contributed by atoms with Gasteiger partial charge in [-0.2, -0.15) is 0 Å². The summed E-state index contributed by atoms with van der Waals surface area (Å²) < 4.78 is 0. The van der Waals surface area contributed by atoms with E-state index < -0.39 is 5.97 Å². The summed E-state index contributed by atoms with van der Waals surface area (Å²) in [5.74, 6) is -0.937. The van der Waals surface area contributed by atoms with Gasteiger partial charge in [-0.15, -0.1) is 0 Å². The summed E-state index contributed by atoms with van der Waals surface area (Å²) in [4.78, 5) is 15.8. The van der Waals surface area contributed by atoms with Crippen molar-refractivity contribution in [2.75, 3.05) is 0 Å². The van der Waals surface area contributed by atoms with Crippen LogP contribution in [-0.4, -0.2) is 16.8 Å². The van der Waals surface area contributed by atoms with E-state index in [4.69, 9.17) is 0 Å². The van der Waals surface area contributed by atoms with Gasteiger partial charge in [-0.25, -0.2) is 0 Å². The largest absolute Gasteiger partial charge is 0.481 e. The molecular formula is C13H13NO2. The number of carbonyl (C=O) groups is 1. The molecule has 2 unspecified atom stereocenters. The molecule has 0 radical (unpaired) electrons. The van der Waals surface area contributed by atoms with Gasteiger partial charge < -0.3 is 5.11 Å². The van der Waals surface area contributed by atoms with Crippen molar-refractivity contribution in [3.05, 3.63) is 29.8 Å². The maximum atomic E-state index is 11.3. The third kappa shape index (κ3) is 1.28. The van der Waals surface area contributed by atoms with Gasteiger partial charge in [0, 0.05) is 11.6 Å². The van der Waals surface area contributed by atoms with Crippen LogP contribution in [0.15, 0.2) is 29.3 Å². The Labute approximate surface area is 93.8 Å². The van der Waals surface area contributed by atoms with Gasteiger partial charge in [0.05, 0.1) is 11.6 Å². The van der Waals surface area contributed by atoms with E-state index in [1.165, 1.54) is 0 Å². The zero-order chi connectivity index (χ0) is 11.1. The Balaban J connectivity index is 2.08. The molecule has 1 heterocycles. The van der Waals surface area contributed by atoms with Crippen molar-refractivity contribution in [1.82, 2.24) is 0 Å². The van der Waals surface area contributed by atoms with Crippen molar-refractivity contribution < 1.29 is 9.90 Å². The maximum Gasteiger partial charge on any atom is 0.307 e. The van der Waals surface area contributed by atoms with E-state index in [0.717, 1.165) is 36.2 Å². The molecule has 3 heteroatoms. The number of carboxylic acids is 1. The van der Waals surface area contributed by atoms with Crippen LogP contribution in [-0.2, 0) is 4.79 Å². The molecule has 1 saturated carbocycles. The monoisotopic (exact) mass is 215 g/mol. The molecule has 1 aromatic carbocycles. The number of hydrogen-bond acceptors (Lipinski definition) is 2. The van der Waals surface area contributed by atoms with Gasteiger partial charge in [-0.1, -0.05) is 18.2 Å². The first kappa shape index (κ1) is 9.58. The van der Waals surface area contributed by atoms with Gasteiger partial charge in [0.15, 0.2) is 0 Å². The number of aliphatic carboxylic acids is 1. The minimum Gasteiger partial charge on any atom is -0.481 e. The lowest BCUT2D eigenvalue weighted by atomic mass is 9.75. The number of nitrogens with zero attached hydrogens (tertiary/aromatic N) is 1. The van der Waals surface area contributed by atoms with Gasteiger partial charge in [-0.3, -0.25) is 9.79 Å². The van der Waals surface area contributed by atoms with E-state index in [9.17, 15) is 9.90 Å². The fourth-order valence-electron chi connectivity index (χ4n) is 2.85. The lowest BCUT2D eigenvalue weighted by molar-refractivity contribution is -0.142. The summed E-state index contributed by atoms with van der Waals surface area (Å²) in [7, 11) is 0. The van der Waals surface area contributed by atoms with Gasteiger partial charge in [-0.05, 0) is 30.9 Å². The van der Waals surface area contributed by atoms with Gasteiger partial charge in [0.2, 0.25) is 0 Å². The summed E-state index contributed by atoms with van der Waals surface area (Å²) in [6.07, 6.45) is 2.66. The lowest BCUT2D eigenvalue weighted by Gasteiger charge is -2.26. The van der Waals surface area contributed by atoms with Crippen LogP contribution < -0.4 is 0 Å². The van der Waals surface area contributed by atoms with Crippen molar-refractivity contribution in [3.8, 4) is 0 Å². The number of hydrogen-bond donors (Lipinski definition) is 1. The molecule has 82 valence electrons. The van der Waals surface area contributed by atoms with Crippen LogP contribution >= 0.6 is 0 Å². The van der Waals surface area contributed by atoms with E-state index in [2.05, 4.69) is 4.99 Å². The first-order chi connectivity index (χ1) is 7.77. The second kappa shape index (κ2) is 3.44. The van der Waals surface area contributed by atoms with Crippen LogP contribution in [0.25, 0.3) is 0 Å². The van der Waals surface area contributed by atoms with E-state index in [1.807, 2.05) is 24.3 Å². The smallest absolute Gasteiger partial charge is 0.307 e.